The molecule has 0 N–H and O–H groups in total. The molecule has 44 heavy (non-hydrogen) atoms. The Hall–Kier alpha value is -3.87. The molecule has 2 fully saturated rings. The lowest BCUT2D eigenvalue weighted by molar-refractivity contribution is -0.128. The third-order valence-electron chi connectivity index (χ3n) is 9.25. The van der Waals surface area contributed by atoms with Gasteiger partial charge in [0.05, 0.1) is 12.2 Å². The fourth-order valence-electron chi connectivity index (χ4n) is 6.89. The van der Waals surface area contributed by atoms with Gasteiger partial charge in [-0.05, 0) is 56.8 Å². The molecule has 4 heterocycles. The van der Waals surface area contributed by atoms with Crippen LogP contribution in [0.25, 0.3) is 15.6 Å². The zero-order valence-corrected chi connectivity index (χ0v) is 26.3. The molecular weight excluding hydrogens is 574 g/mol. The van der Waals surface area contributed by atoms with Gasteiger partial charge in [0.1, 0.15) is 18.5 Å². The molecule has 3 aliphatic heterocycles. The molecule has 3 aromatic rings. The van der Waals surface area contributed by atoms with Crippen molar-refractivity contribution in [2.45, 2.75) is 44.8 Å². The number of ether oxygens (including phenoxy) is 1. The maximum absolute atomic E-state index is 12.9. The Kier molecular flexibility index (Phi) is 9.20. The second-order valence-electron chi connectivity index (χ2n) is 12.0. The van der Waals surface area contributed by atoms with E-state index in [-0.39, 0.29) is 24.4 Å². The summed E-state index contributed by atoms with van der Waals surface area (Å²) >= 11 is 5.78. The van der Waals surface area contributed by atoms with E-state index in [1.54, 1.807) is 11.0 Å². The second-order valence-corrected chi connectivity index (χ2v) is 12.3. The predicted octanol–water partition coefficient (Wildman–Crippen LogP) is 4.71. The standard InChI is InChI=1S/C34H40ClN7O2/c1-24-8-4-9-25-10-5-12-30(32(24)25)40-17-14-28-29(22-40)37-34(44-23-26-11-7-16-39(26)3)38-33(28)41-18-19-42(27(21-41)20-36-2)31(43)13-6-15-35/h4-6,8-10,12-13,26-27H,7,11,14-23H2,1,3H3/b13-6+/t26-,27-/m0/s1. The van der Waals surface area contributed by atoms with E-state index in [0.717, 1.165) is 43.0 Å². The van der Waals surface area contributed by atoms with Gasteiger partial charge in [-0.15, -0.1) is 11.6 Å². The molecule has 230 valence electrons. The van der Waals surface area contributed by atoms with E-state index in [1.165, 1.54) is 34.5 Å². The van der Waals surface area contributed by atoms with Crippen LogP contribution in [0.3, 0.4) is 0 Å². The van der Waals surface area contributed by atoms with Gasteiger partial charge in [-0.25, -0.2) is 6.57 Å². The Bertz CT molecular complexity index is 1580. The first-order valence-electron chi connectivity index (χ1n) is 15.5. The smallest absolute Gasteiger partial charge is 0.318 e. The molecule has 0 bridgehead atoms. The fraction of sp³-hybridized carbons (Fsp3) is 0.471. The average molecular weight is 614 g/mol. The van der Waals surface area contributed by atoms with Crippen LogP contribution in [0.15, 0.2) is 48.6 Å². The lowest BCUT2D eigenvalue weighted by atomic mass is 9.99. The van der Waals surface area contributed by atoms with Gasteiger partial charge >= 0.3 is 6.01 Å². The number of aryl methyl sites for hydroxylation is 1. The van der Waals surface area contributed by atoms with Crippen molar-refractivity contribution in [3.05, 3.63) is 76.8 Å². The van der Waals surface area contributed by atoms with Crippen molar-refractivity contribution in [1.29, 1.82) is 0 Å². The number of halogens is 1. The zero-order valence-electron chi connectivity index (χ0n) is 25.6. The van der Waals surface area contributed by atoms with Crippen LogP contribution in [0.1, 0.15) is 29.7 Å². The first-order valence-corrected chi connectivity index (χ1v) is 16.1. The van der Waals surface area contributed by atoms with E-state index < -0.39 is 0 Å². The number of amides is 1. The van der Waals surface area contributed by atoms with E-state index in [9.17, 15) is 4.79 Å². The van der Waals surface area contributed by atoms with Gasteiger partial charge in [-0.2, -0.15) is 9.97 Å². The third kappa shape index (κ3) is 6.19. The largest absolute Gasteiger partial charge is 0.462 e. The number of nitrogens with zero attached hydrogens (tertiary/aromatic N) is 7. The maximum atomic E-state index is 12.9. The first-order chi connectivity index (χ1) is 21.5. The number of benzene rings is 2. The lowest BCUT2D eigenvalue weighted by Gasteiger charge is -2.41. The van der Waals surface area contributed by atoms with Crippen molar-refractivity contribution in [3.63, 3.8) is 0 Å². The summed E-state index contributed by atoms with van der Waals surface area (Å²) in [6.07, 6.45) is 6.24. The predicted molar refractivity (Wildman–Crippen MR) is 176 cm³/mol. The molecule has 10 heteroatoms. The summed E-state index contributed by atoms with van der Waals surface area (Å²) in [6.45, 7) is 14.8. The molecule has 1 amide bonds. The molecule has 3 aliphatic rings. The summed E-state index contributed by atoms with van der Waals surface area (Å²) in [7, 11) is 2.14. The van der Waals surface area contributed by atoms with Crippen molar-refractivity contribution in [2.75, 3.05) is 68.6 Å². The molecule has 2 atom stereocenters. The molecule has 6 rings (SSSR count). The Morgan fingerprint density at radius 3 is 2.73 bits per heavy atom. The van der Waals surface area contributed by atoms with Gasteiger partial charge in [0.15, 0.2) is 0 Å². The van der Waals surface area contributed by atoms with Crippen LogP contribution in [0.5, 0.6) is 6.01 Å². The molecule has 0 radical (unpaired) electrons. The number of likely N-dealkylation sites (N-methyl/N-ethyl adjacent to an activating group) is 1. The van der Waals surface area contributed by atoms with E-state index in [4.69, 9.17) is 32.9 Å². The number of fused-ring (bicyclic) bond motifs is 2. The summed E-state index contributed by atoms with van der Waals surface area (Å²) in [5.41, 5.74) is 4.59. The van der Waals surface area contributed by atoms with Crippen LogP contribution in [0, 0.1) is 13.5 Å². The van der Waals surface area contributed by atoms with Crippen LogP contribution >= 0.6 is 11.6 Å². The number of anilines is 2. The minimum absolute atomic E-state index is 0.102. The van der Waals surface area contributed by atoms with Crippen molar-refractivity contribution in [2.24, 2.45) is 0 Å². The highest BCUT2D eigenvalue weighted by atomic mass is 35.5. The van der Waals surface area contributed by atoms with Crippen molar-refractivity contribution < 1.29 is 9.53 Å². The Balaban J connectivity index is 1.32. The van der Waals surface area contributed by atoms with Crippen molar-refractivity contribution >= 4 is 39.8 Å². The molecule has 0 aliphatic carbocycles. The number of alkyl halides is 1. The molecule has 2 aromatic carbocycles. The fourth-order valence-corrected chi connectivity index (χ4v) is 6.98. The number of carbonyl (C=O) groups is 1. The summed E-state index contributed by atoms with van der Waals surface area (Å²) in [5, 5.41) is 2.51. The molecule has 2 saturated heterocycles. The number of hydrogen-bond acceptors (Lipinski definition) is 7. The lowest BCUT2D eigenvalue weighted by Crippen LogP contribution is -2.56. The van der Waals surface area contributed by atoms with Gasteiger partial charge in [-0.1, -0.05) is 36.4 Å². The normalized spacial score (nSPS) is 20.7. The second kappa shape index (κ2) is 13.4. The highest BCUT2D eigenvalue weighted by Crippen LogP contribution is 2.36. The highest BCUT2D eigenvalue weighted by Gasteiger charge is 2.35. The molecule has 0 unspecified atom stereocenters. The number of hydrogen-bond donors (Lipinski definition) is 0. The Labute approximate surface area is 264 Å². The zero-order chi connectivity index (χ0) is 30.6. The third-order valence-corrected chi connectivity index (χ3v) is 9.43. The first kappa shape index (κ1) is 30.2. The summed E-state index contributed by atoms with van der Waals surface area (Å²) in [5.74, 6) is 1.05. The van der Waals surface area contributed by atoms with Crippen molar-refractivity contribution in [1.82, 2.24) is 19.8 Å². The van der Waals surface area contributed by atoms with Crippen LogP contribution in [-0.2, 0) is 17.8 Å². The number of allylic oxidation sites excluding steroid dienone is 1. The molecule has 0 spiro atoms. The summed E-state index contributed by atoms with van der Waals surface area (Å²) in [6, 6.07) is 13.5. The minimum atomic E-state index is -0.241. The number of aromatic nitrogens is 2. The van der Waals surface area contributed by atoms with Crippen LogP contribution < -0.4 is 14.5 Å². The summed E-state index contributed by atoms with van der Waals surface area (Å²) < 4.78 is 6.32. The SMILES string of the molecule is [C-]#[N+]C[C@H]1CN(c2nc(OC[C@@H]3CCCN3C)nc3c2CCN(c2cccc4cccc(C)c24)C3)CCN1C(=O)/C=C/CCl. The molecular formula is C34H40ClN7O2. The van der Waals surface area contributed by atoms with Crippen LogP contribution in [0.4, 0.5) is 11.5 Å². The van der Waals surface area contributed by atoms with Gasteiger partial charge in [0, 0.05) is 60.8 Å². The number of carbonyl (C=O) groups excluding carboxylic acids is 1. The van der Waals surface area contributed by atoms with Crippen LogP contribution in [-0.4, -0.2) is 96.6 Å². The van der Waals surface area contributed by atoms with Gasteiger partial charge in [0.25, 0.3) is 0 Å². The van der Waals surface area contributed by atoms with E-state index >= 15 is 0 Å². The topological polar surface area (TPSA) is 69.4 Å². The van der Waals surface area contributed by atoms with Gasteiger partial charge in [0.2, 0.25) is 12.5 Å². The quantitative estimate of drug-likeness (QED) is 0.207. The highest BCUT2D eigenvalue weighted by molar-refractivity contribution is 6.19. The number of rotatable bonds is 8. The van der Waals surface area contributed by atoms with E-state index in [2.05, 4.69) is 69.9 Å². The summed E-state index contributed by atoms with van der Waals surface area (Å²) in [4.78, 5) is 35.4. The Morgan fingerprint density at radius 1 is 1.11 bits per heavy atom. The van der Waals surface area contributed by atoms with Crippen LogP contribution in [0.2, 0.25) is 0 Å². The maximum Gasteiger partial charge on any atom is 0.318 e. The molecule has 1 aromatic heterocycles. The molecule has 9 nitrogen and oxygen atoms in total. The van der Waals surface area contributed by atoms with Gasteiger partial charge in [-0.3, -0.25) is 4.79 Å². The van der Waals surface area contributed by atoms with Gasteiger partial charge < -0.3 is 29.2 Å². The molecule has 0 saturated carbocycles. The Morgan fingerprint density at radius 2 is 1.95 bits per heavy atom. The van der Waals surface area contributed by atoms with E-state index in [1.807, 2.05) is 0 Å². The number of piperazine rings is 1. The van der Waals surface area contributed by atoms with E-state index in [0.29, 0.717) is 44.8 Å². The monoisotopic (exact) mass is 613 g/mol. The minimum Gasteiger partial charge on any atom is -0.462 e. The van der Waals surface area contributed by atoms with Crippen molar-refractivity contribution in [3.8, 4) is 6.01 Å². The average Bonchev–Trinajstić information content (AvgIpc) is 3.46. The number of likely N-dealkylation sites (tertiary alicyclic amines) is 1.